The maximum Gasteiger partial charge on any atom is 0.308 e. The van der Waals surface area contributed by atoms with Crippen LogP contribution >= 0.6 is 11.3 Å². The molecular formula is C15H15NO4S. The first-order valence-corrected chi connectivity index (χ1v) is 7.46. The predicted molar refractivity (Wildman–Crippen MR) is 79.9 cm³/mol. The van der Waals surface area contributed by atoms with Gasteiger partial charge in [-0.2, -0.15) is 0 Å². The van der Waals surface area contributed by atoms with Crippen molar-refractivity contribution in [2.24, 2.45) is 0 Å². The van der Waals surface area contributed by atoms with Crippen molar-refractivity contribution in [1.29, 1.82) is 0 Å². The van der Waals surface area contributed by atoms with Crippen LogP contribution in [0.15, 0.2) is 29.1 Å². The molecule has 0 saturated heterocycles. The van der Waals surface area contributed by atoms with Crippen LogP contribution in [0.25, 0.3) is 11.3 Å². The molecule has 0 bridgehead atoms. The fourth-order valence-electron chi connectivity index (χ4n) is 2.56. The fourth-order valence-corrected chi connectivity index (χ4v) is 3.64. The van der Waals surface area contributed by atoms with E-state index in [4.69, 9.17) is 9.84 Å². The topological polar surface area (TPSA) is 68.5 Å². The molecule has 1 N–H and O–H groups in total. The van der Waals surface area contributed by atoms with E-state index in [9.17, 15) is 9.59 Å². The highest BCUT2D eigenvalue weighted by molar-refractivity contribution is 7.09. The molecule has 0 fully saturated rings. The number of para-hydroxylation sites is 1. The maximum absolute atomic E-state index is 12.2. The standard InChI is InChI=1S/C15H15NO4S/c1-15(2)13-12(9-5-3-4-6-10(9)20-15)16(14(19)21-13)8-7-11(17)18/h3-6H,7-8H2,1-2H3,(H,17,18). The van der Waals surface area contributed by atoms with Crippen LogP contribution in [0.4, 0.5) is 0 Å². The summed E-state index contributed by atoms with van der Waals surface area (Å²) >= 11 is 1.13. The summed E-state index contributed by atoms with van der Waals surface area (Å²) in [7, 11) is 0. The number of rotatable bonds is 3. The Morgan fingerprint density at radius 3 is 2.81 bits per heavy atom. The highest BCUT2D eigenvalue weighted by Crippen LogP contribution is 2.46. The number of hydrogen-bond acceptors (Lipinski definition) is 4. The number of carboxylic acid groups (broad SMARTS) is 1. The molecular weight excluding hydrogens is 290 g/mol. The van der Waals surface area contributed by atoms with Gasteiger partial charge in [-0.3, -0.25) is 14.2 Å². The van der Waals surface area contributed by atoms with Crippen LogP contribution in [0.3, 0.4) is 0 Å². The molecule has 0 unspecified atom stereocenters. The Kier molecular flexibility index (Phi) is 3.13. The van der Waals surface area contributed by atoms with Gasteiger partial charge < -0.3 is 9.84 Å². The highest BCUT2D eigenvalue weighted by atomic mass is 32.1. The van der Waals surface area contributed by atoms with Gasteiger partial charge in [0.05, 0.1) is 17.0 Å². The van der Waals surface area contributed by atoms with Crippen molar-refractivity contribution in [3.63, 3.8) is 0 Å². The number of thiazole rings is 1. The van der Waals surface area contributed by atoms with Crippen molar-refractivity contribution in [2.45, 2.75) is 32.4 Å². The summed E-state index contributed by atoms with van der Waals surface area (Å²) in [5.41, 5.74) is 1.04. The highest BCUT2D eigenvalue weighted by Gasteiger charge is 2.37. The van der Waals surface area contributed by atoms with Crippen LogP contribution in [0.2, 0.25) is 0 Å². The van der Waals surface area contributed by atoms with Gasteiger partial charge >= 0.3 is 10.8 Å². The summed E-state index contributed by atoms with van der Waals surface area (Å²) in [4.78, 5) is 23.8. The number of carbonyl (C=O) groups is 1. The van der Waals surface area contributed by atoms with Crippen LogP contribution in [0.1, 0.15) is 25.1 Å². The molecule has 5 nitrogen and oxygen atoms in total. The third-order valence-electron chi connectivity index (χ3n) is 3.50. The minimum atomic E-state index is -0.915. The Bertz CT molecular complexity index is 772. The Morgan fingerprint density at radius 1 is 1.38 bits per heavy atom. The van der Waals surface area contributed by atoms with Crippen molar-refractivity contribution in [3.8, 4) is 17.0 Å². The number of aliphatic carboxylic acids is 1. The van der Waals surface area contributed by atoms with E-state index < -0.39 is 11.6 Å². The number of carboxylic acids is 1. The van der Waals surface area contributed by atoms with Gasteiger partial charge in [-0.1, -0.05) is 23.5 Å². The molecule has 1 aliphatic heterocycles. The van der Waals surface area contributed by atoms with E-state index in [1.807, 2.05) is 38.1 Å². The second-order valence-electron chi connectivity index (χ2n) is 5.45. The van der Waals surface area contributed by atoms with Crippen LogP contribution < -0.4 is 9.61 Å². The summed E-state index contributed by atoms with van der Waals surface area (Å²) < 4.78 is 7.53. The molecule has 3 rings (SSSR count). The molecule has 110 valence electrons. The van der Waals surface area contributed by atoms with Crippen LogP contribution in [0.5, 0.6) is 5.75 Å². The fraction of sp³-hybridized carbons (Fsp3) is 0.333. The molecule has 1 aliphatic rings. The first-order chi connectivity index (χ1) is 9.90. The molecule has 0 aliphatic carbocycles. The first-order valence-electron chi connectivity index (χ1n) is 6.64. The number of nitrogens with zero attached hydrogens (tertiary/aromatic N) is 1. The van der Waals surface area contributed by atoms with Crippen LogP contribution in [0, 0.1) is 0 Å². The lowest BCUT2D eigenvalue weighted by Crippen LogP contribution is -2.29. The molecule has 0 atom stereocenters. The smallest absolute Gasteiger partial charge is 0.308 e. The number of fused-ring (bicyclic) bond motifs is 3. The monoisotopic (exact) mass is 305 g/mol. The lowest BCUT2D eigenvalue weighted by Gasteiger charge is -2.32. The molecule has 0 radical (unpaired) electrons. The molecule has 2 heterocycles. The Labute approximate surface area is 125 Å². The van der Waals surface area contributed by atoms with Gasteiger partial charge in [0.2, 0.25) is 0 Å². The van der Waals surface area contributed by atoms with Gasteiger partial charge in [0.15, 0.2) is 0 Å². The molecule has 0 saturated carbocycles. The number of benzene rings is 1. The minimum Gasteiger partial charge on any atom is -0.482 e. The van der Waals surface area contributed by atoms with Crippen molar-refractivity contribution >= 4 is 17.3 Å². The molecule has 2 aromatic rings. The van der Waals surface area contributed by atoms with Crippen molar-refractivity contribution in [2.75, 3.05) is 0 Å². The van der Waals surface area contributed by atoms with Crippen molar-refractivity contribution in [1.82, 2.24) is 4.57 Å². The average Bonchev–Trinajstić information content (AvgIpc) is 2.74. The third kappa shape index (κ3) is 2.25. The molecule has 21 heavy (non-hydrogen) atoms. The van der Waals surface area contributed by atoms with Crippen molar-refractivity contribution in [3.05, 3.63) is 38.8 Å². The SMILES string of the molecule is CC1(C)Oc2ccccc2-c2c1sc(=O)n2CCC(=O)O. The summed E-state index contributed by atoms with van der Waals surface area (Å²) in [5, 5.41) is 8.87. The summed E-state index contributed by atoms with van der Waals surface area (Å²) in [5.74, 6) is -0.196. The zero-order valence-corrected chi connectivity index (χ0v) is 12.6. The van der Waals surface area contributed by atoms with E-state index in [0.717, 1.165) is 33.2 Å². The molecule has 1 aromatic heterocycles. The molecule has 0 spiro atoms. The quantitative estimate of drug-likeness (QED) is 0.946. The number of hydrogen-bond donors (Lipinski definition) is 1. The second-order valence-corrected chi connectivity index (χ2v) is 6.41. The Balaban J connectivity index is 2.22. The zero-order chi connectivity index (χ0) is 15.2. The second kappa shape index (κ2) is 4.73. The molecule has 1 aromatic carbocycles. The van der Waals surface area contributed by atoms with Gasteiger partial charge in [-0.25, -0.2) is 0 Å². The third-order valence-corrected chi connectivity index (χ3v) is 4.78. The Morgan fingerprint density at radius 2 is 2.10 bits per heavy atom. The maximum atomic E-state index is 12.2. The molecule has 6 heteroatoms. The average molecular weight is 305 g/mol. The normalized spacial score (nSPS) is 15.0. The summed E-state index contributed by atoms with van der Waals surface area (Å²) in [6.45, 7) is 4.00. The Hall–Kier alpha value is -2.08. The van der Waals surface area contributed by atoms with Gasteiger partial charge in [-0.05, 0) is 26.0 Å². The van der Waals surface area contributed by atoms with Crippen molar-refractivity contribution < 1.29 is 14.6 Å². The van der Waals surface area contributed by atoms with Gasteiger partial charge in [0.1, 0.15) is 11.4 Å². The zero-order valence-electron chi connectivity index (χ0n) is 11.8. The molecule has 0 amide bonds. The van der Waals surface area contributed by atoms with E-state index in [1.165, 1.54) is 0 Å². The van der Waals surface area contributed by atoms with E-state index in [0.29, 0.717) is 0 Å². The number of ether oxygens (including phenoxy) is 1. The van der Waals surface area contributed by atoms with E-state index in [1.54, 1.807) is 4.57 Å². The predicted octanol–water partition coefficient (Wildman–Crippen LogP) is 2.68. The van der Waals surface area contributed by atoms with Crippen LogP contribution in [-0.4, -0.2) is 15.6 Å². The number of aromatic nitrogens is 1. The summed E-state index contributed by atoms with van der Waals surface area (Å²) in [6, 6.07) is 7.52. The van der Waals surface area contributed by atoms with Gasteiger partial charge in [0, 0.05) is 12.1 Å². The lowest BCUT2D eigenvalue weighted by atomic mass is 9.97. The van der Waals surface area contributed by atoms with E-state index in [-0.39, 0.29) is 17.8 Å². The van der Waals surface area contributed by atoms with E-state index >= 15 is 0 Å². The van der Waals surface area contributed by atoms with E-state index in [2.05, 4.69) is 0 Å². The minimum absolute atomic E-state index is 0.0769. The largest absolute Gasteiger partial charge is 0.482 e. The summed E-state index contributed by atoms with van der Waals surface area (Å²) in [6.07, 6.45) is -0.0769. The first kappa shape index (κ1) is 13.9. The van der Waals surface area contributed by atoms with Crippen LogP contribution in [-0.2, 0) is 16.9 Å². The van der Waals surface area contributed by atoms with Gasteiger partial charge in [-0.15, -0.1) is 0 Å². The van der Waals surface area contributed by atoms with Gasteiger partial charge in [0.25, 0.3) is 0 Å². The lowest BCUT2D eigenvalue weighted by molar-refractivity contribution is -0.137.